The predicted octanol–water partition coefficient (Wildman–Crippen LogP) is 6.36. The third-order valence-electron chi connectivity index (χ3n) is 5.48. The van der Waals surface area contributed by atoms with Gasteiger partial charge in [0.2, 0.25) is 0 Å². The summed E-state index contributed by atoms with van der Waals surface area (Å²) in [7, 11) is 0. The standard InChI is InChI=1S/C27H21BrN2O2/c28-23-13-11-20(12-14-23)24(16-26(31)21-7-3-1-4-8-21)25(15-19(17-29)18-30)27(32)22-9-5-2-6-10-22/h1-14,19,24-25H,15-16H2. The van der Waals surface area contributed by atoms with Crippen LogP contribution in [0.4, 0.5) is 0 Å². The lowest BCUT2D eigenvalue weighted by Crippen LogP contribution is -2.27. The van der Waals surface area contributed by atoms with E-state index in [0.717, 1.165) is 10.0 Å². The summed E-state index contributed by atoms with van der Waals surface area (Å²) in [6.07, 6.45) is 0.155. The Hall–Kier alpha value is -3.54. The average molecular weight is 485 g/mol. The van der Waals surface area contributed by atoms with E-state index in [0.29, 0.717) is 11.1 Å². The molecule has 0 aromatic heterocycles. The normalized spacial score (nSPS) is 12.4. The summed E-state index contributed by atoms with van der Waals surface area (Å²) in [5.41, 5.74) is 1.89. The first-order chi connectivity index (χ1) is 15.5. The molecule has 2 unspecified atom stereocenters. The maximum absolute atomic E-state index is 13.6. The summed E-state index contributed by atoms with van der Waals surface area (Å²) in [6.45, 7) is 0. The smallest absolute Gasteiger partial charge is 0.166 e. The number of ketones is 2. The fourth-order valence-electron chi connectivity index (χ4n) is 3.80. The van der Waals surface area contributed by atoms with Crippen molar-refractivity contribution in [2.45, 2.75) is 18.8 Å². The molecule has 32 heavy (non-hydrogen) atoms. The van der Waals surface area contributed by atoms with Crippen LogP contribution in [0.2, 0.25) is 0 Å². The van der Waals surface area contributed by atoms with E-state index in [1.54, 1.807) is 48.5 Å². The lowest BCUT2D eigenvalue weighted by Gasteiger charge is -2.27. The van der Waals surface area contributed by atoms with E-state index in [1.165, 1.54) is 0 Å². The Morgan fingerprint density at radius 1 is 0.781 bits per heavy atom. The van der Waals surface area contributed by atoms with Gasteiger partial charge in [0.15, 0.2) is 11.6 Å². The first-order valence-electron chi connectivity index (χ1n) is 10.3. The number of halogens is 1. The van der Waals surface area contributed by atoms with Crippen LogP contribution >= 0.6 is 15.9 Å². The van der Waals surface area contributed by atoms with Gasteiger partial charge in [0.1, 0.15) is 5.92 Å². The van der Waals surface area contributed by atoms with Crippen molar-refractivity contribution in [3.63, 3.8) is 0 Å². The van der Waals surface area contributed by atoms with Gasteiger partial charge in [0, 0.05) is 33.9 Å². The van der Waals surface area contributed by atoms with Gasteiger partial charge >= 0.3 is 0 Å². The van der Waals surface area contributed by atoms with Crippen molar-refractivity contribution in [3.05, 3.63) is 106 Å². The van der Waals surface area contributed by atoms with Crippen LogP contribution in [0.25, 0.3) is 0 Å². The summed E-state index contributed by atoms with van der Waals surface area (Å²) < 4.78 is 0.882. The van der Waals surface area contributed by atoms with Crippen LogP contribution in [-0.2, 0) is 0 Å². The molecule has 3 rings (SSSR count). The van der Waals surface area contributed by atoms with Crippen molar-refractivity contribution in [2.24, 2.45) is 11.8 Å². The van der Waals surface area contributed by atoms with E-state index in [-0.39, 0.29) is 24.4 Å². The van der Waals surface area contributed by atoms with Crippen molar-refractivity contribution in [2.75, 3.05) is 0 Å². The van der Waals surface area contributed by atoms with E-state index >= 15 is 0 Å². The Kier molecular flexibility index (Phi) is 8.08. The molecule has 3 aromatic carbocycles. The average Bonchev–Trinajstić information content (AvgIpc) is 2.85. The molecule has 5 heteroatoms. The second-order valence-corrected chi connectivity index (χ2v) is 8.45. The van der Waals surface area contributed by atoms with E-state index < -0.39 is 17.8 Å². The largest absolute Gasteiger partial charge is 0.294 e. The maximum Gasteiger partial charge on any atom is 0.166 e. The number of hydrogen-bond donors (Lipinski definition) is 0. The highest BCUT2D eigenvalue weighted by Gasteiger charge is 2.34. The second kappa shape index (κ2) is 11.2. The van der Waals surface area contributed by atoms with Crippen LogP contribution < -0.4 is 0 Å². The van der Waals surface area contributed by atoms with Gasteiger partial charge in [-0.05, 0) is 24.1 Å². The number of rotatable bonds is 9. The molecule has 0 saturated heterocycles. The molecule has 0 N–H and O–H groups in total. The summed E-state index contributed by atoms with van der Waals surface area (Å²) in [6, 6.07) is 29.2. The minimum atomic E-state index is -0.947. The number of carbonyl (C=O) groups is 2. The van der Waals surface area contributed by atoms with E-state index in [4.69, 9.17) is 0 Å². The zero-order chi connectivity index (χ0) is 22.9. The molecule has 0 aliphatic rings. The van der Waals surface area contributed by atoms with Crippen LogP contribution in [0.15, 0.2) is 89.4 Å². The highest BCUT2D eigenvalue weighted by atomic mass is 79.9. The molecule has 0 amide bonds. The Balaban J connectivity index is 2.06. The molecule has 158 valence electrons. The van der Waals surface area contributed by atoms with Gasteiger partial charge in [0.05, 0.1) is 12.1 Å². The highest BCUT2D eigenvalue weighted by Crippen LogP contribution is 2.36. The Bertz CT molecular complexity index is 1130. The summed E-state index contributed by atoms with van der Waals surface area (Å²) in [4.78, 5) is 26.7. The van der Waals surface area contributed by atoms with Crippen molar-refractivity contribution in [3.8, 4) is 12.1 Å². The topological polar surface area (TPSA) is 81.7 Å². The SMILES string of the molecule is N#CC(C#N)CC(C(=O)c1ccccc1)C(CC(=O)c1ccccc1)c1ccc(Br)cc1. The number of benzene rings is 3. The summed E-state index contributed by atoms with van der Waals surface area (Å²) in [5, 5.41) is 18.8. The molecule has 0 aliphatic carbocycles. The predicted molar refractivity (Wildman–Crippen MR) is 126 cm³/mol. The first kappa shape index (κ1) is 23.1. The number of Topliss-reactive ketones (excluding diaryl/α,β-unsaturated/α-hetero) is 2. The fraction of sp³-hybridized carbons (Fsp3) is 0.185. The summed E-state index contributed by atoms with van der Waals surface area (Å²) in [5.74, 6) is -2.38. The molecule has 0 fully saturated rings. The van der Waals surface area contributed by atoms with Gasteiger partial charge in [0.25, 0.3) is 0 Å². The van der Waals surface area contributed by atoms with E-state index in [1.807, 2.05) is 48.5 Å². The second-order valence-electron chi connectivity index (χ2n) is 7.53. The Morgan fingerprint density at radius 2 is 1.31 bits per heavy atom. The molecule has 2 atom stereocenters. The third-order valence-corrected chi connectivity index (χ3v) is 6.01. The molecular weight excluding hydrogens is 464 g/mol. The minimum Gasteiger partial charge on any atom is -0.294 e. The van der Waals surface area contributed by atoms with Crippen LogP contribution in [-0.4, -0.2) is 11.6 Å². The molecule has 0 spiro atoms. The molecule has 0 saturated carbocycles. The molecule has 0 bridgehead atoms. The minimum absolute atomic E-state index is 0.0591. The van der Waals surface area contributed by atoms with E-state index in [9.17, 15) is 20.1 Å². The molecular formula is C27H21BrN2O2. The molecule has 4 nitrogen and oxygen atoms in total. The van der Waals surface area contributed by atoms with Crippen LogP contribution in [0, 0.1) is 34.5 Å². The fourth-order valence-corrected chi connectivity index (χ4v) is 4.07. The van der Waals surface area contributed by atoms with Crippen molar-refractivity contribution in [1.82, 2.24) is 0 Å². The molecule has 0 radical (unpaired) electrons. The van der Waals surface area contributed by atoms with Gasteiger partial charge in [-0.3, -0.25) is 9.59 Å². The Morgan fingerprint density at radius 3 is 1.84 bits per heavy atom. The van der Waals surface area contributed by atoms with Gasteiger partial charge in [-0.15, -0.1) is 0 Å². The van der Waals surface area contributed by atoms with Gasteiger partial charge < -0.3 is 0 Å². The molecule has 0 aliphatic heterocycles. The monoisotopic (exact) mass is 484 g/mol. The lowest BCUT2D eigenvalue weighted by atomic mass is 9.74. The van der Waals surface area contributed by atoms with Crippen LogP contribution in [0.3, 0.4) is 0 Å². The molecule has 3 aromatic rings. The highest BCUT2D eigenvalue weighted by molar-refractivity contribution is 9.10. The first-order valence-corrected chi connectivity index (χ1v) is 11.0. The van der Waals surface area contributed by atoms with Crippen LogP contribution in [0.5, 0.6) is 0 Å². The number of hydrogen-bond acceptors (Lipinski definition) is 4. The number of carbonyl (C=O) groups excluding carboxylic acids is 2. The van der Waals surface area contributed by atoms with E-state index in [2.05, 4.69) is 15.9 Å². The third kappa shape index (κ3) is 5.78. The summed E-state index contributed by atoms with van der Waals surface area (Å²) >= 11 is 3.43. The lowest BCUT2D eigenvalue weighted by molar-refractivity contribution is 0.0864. The zero-order valence-electron chi connectivity index (χ0n) is 17.3. The van der Waals surface area contributed by atoms with Gasteiger partial charge in [-0.1, -0.05) is 88.7 Å². The zero-order valence-corrected chi connectivity index (χ0v) is 18.9. The molecule has 0 heterocycles. The number of nitrogens with zero attached hydrogens (tertiary/aromatic N) is 2. The maximum atomic E-state index is 13.6. The number of nitriles is 2. The van der Waals surface area contributed by atoms with Crippen molar-refractivity contribution in [1.29, 1.82) is 10.5 Å². The van der Waals surface area contributed by atoms with Crippen LogP contribution in [0.1, 0.15) is 45.0 Å². The van der Waals surface area contributed by atoms with Crippen molar-refractivity contribution < 1.29 is 9.59 Å². The van der Waals surface area contributed by atoms with Crippen molar-refractivity contribution >= 4 is 27.5 Å². The van der Waals surface area contributed by atoms with Gasteiger partial charge in [-0.25, -0.2) is 0 Å². The Labute approximate surface area is 196 Å². The van der Waals surface area contributed by atoms with Gasteiger partial charge in [-0.2, -0.15) is 10.5 Å². The quantitative estimate of drug-likeness (QED) is 0.331.